The Kier molecular flexibility index (Phi) is 8.19. The van der Waals surface area contributed by atoms with E-state index in [1.54, 1.807) is 12.3 Å². The van der Waals surface area contributed by atoms with Crippen molar-refractivity contribution in [2.75, 3.05) is 42.7 Å². The van der Waals surface area contributed by atoms with Gasteiger partial charge in [0, 0.05) is 35.7 Å². The highest BCUT2D eigenvalue weighted by molar-refractivity contribution is 7.23. The van der Waals surface area contributed by atoms with E-state index in [0.29, 0.717) is 24.9 Å². The van der Waals surface area contributed by atoms with Gasteiger partial charge in [0.05, 0.1) is 50.3 Å². The average Bonchev–Trinajstić information content (AvgIpc) is 3.64. The topological polar surface area (TPSA) is 163 Å². The van der Waals surface area contributed by atoms with Gasteiger partial charge in [0.15, 0.2) is 11.6 Å². The van der Waals surface area contributed by atoms with E-state index < -0.39 is 35.4 Å². The molecule has 11 nitrogen and oxygen atoms in total. The number of pyridine rings is 1. The minimum Gasteiger partial charge on any atom is -0.489 e. The van der Waals surface area contributed by atoms with Crippen molar-refractivity contribution in [1.29, 1.82) is 10.5 Å². The minimum atomic E-state index is -0.997. The SMILES string of the molecule is CC(c1cccnc1N)N1c2nc(OC[C@@]34CCCN3C[C@H](F)C4)nc3c(F)c(-c4ccc(F)c5sc(N)c(C#N)c45)c(Cl)c(c23)OCC1C1CC1C#N. The van der Waals surface area contributed by atoms with Gasteiger partial charge in [-0.25, -0.2) is 18.2 Å². The molecule has 5 aromatic rings. The van der Waals surface area contributed by atoms with Crippen LogP contribution < -0.4 is 25.8 Å². The van der Waals surface area contributed by atoms with Crippen molar-refractivity contribution in [3.63, 3.8) is 0 Å². The van der Waals surface area contributed by atoms with Gasteiger partial charge < -0.3 is 25.8 Å². The molecule has 16 heteroatoms. The van der Waals surface area contributed by atoms with E-state index in [1.807, 2.05) is 24.0 Å². The summed E-state index contributed by atoms with van der Waals surface area (Å²) in [6.07, 6.45) is 3.11. The van der Waals surface area contributed by atoms with E-state index >= 15 is 8.78 Å². The Labute approximate surface area is 316 Å². The highest BCUT2D eigenvalue weighted by atomic mass is 35.5. The standard InChI is InChI=1S/C38H33ClF3N9O2S/c1-17(20-4-2-8-47-34(20)45)51-25(22-10-18(22)12-43)15-52-32-28-31(48-37(49-36(28)51)53-16-38-7-3-9-50(38)14-19(40)11-38)30(42)27(29(32)39)21-5-6-24(41)33-26(21)23(13-44)35(46)54-33/h2,4-6,8,17-19,22,25H,3,7,9-11,14-16,46H2,1H3,(H2,45,47)/t17?,18?,19-,22?,25?,38+/m1/s1. The number of aromatic nitrogens is 3. The van der Waals surface area contributed by atoms with Gasteiger partial charge in [-0.05, 0) is 56.3 Å². The van der Waals surface area contributed by atoms with E-state index in [2.05, 4.69) is 20.9 Å². The third-order valence-electron chi connectivity index (χ3n) is 11.6. The van der Waals surface area contributed by atoms with E-state index in [9.17, 15) is 14.9 Å². The molecule has 1 saturated carbocycles. The maximum atomic E-state index is 17.6. The lowest BCUT2D eigenvalue weighted by atomic mass is 9.95. The van der Waals surface area contributed by atoms with Crippen LogP contribution in [0.3, 0.4) is 0 Å². The summed E-state index contributed by atoms with van der Waals surface area (Å²) in [6, 6.07) is 9.43. The quantitative estimate of drug-likeness (QED) is 0.171. The van der Waals surface area contributed by atoms with Crippen LogP contribution in [0.1, 0.15) is 49.8 Å². The van der Waals surface area contributed by atoms with Crippen LogP contribution in [0.4, 0.5) is 29.8 Å². The van der Waals surface area contributed by atoms with Gasteiger partial charge in [0.2, 0.25) is 0 Å². The van der Waals surface area contributed by atoms with Crippen LogP contribution in [-0.2, 0) is 0 Å². The van der Waals surface area contributed by atoms with Crippen LogP contribution in [-0.4, -0.2) is 63.9 Å². The van der Waals surface area contributed by atoms with E-state index in [1.165, 1.54) is 12.1 Å². The molecule has 0 bridgehead atoms. The Hall–Kier alpha value is -5.09. The molecule has 3 aromatic heterocycles. The molecule has 4 unspecified atom stereocenters. The summed E-state index contributed by atoms with van der Waals surface area (Å²) in [5.41, 5.74) is 12.5. The van der Waals surface area contributed by atoms with Crippen molar-refractivity contribution in [3.05, 3.63) is 58.2 Å². The first-order chi connectivity index (χ1) is 26.0. The third kappa shape index (κ3) is 5.20. The van der Waals surface area contributed by atoms with Gasteiger partial charge >= 0.3 is 6.01 Å². The van der Waals surface area contributed by atoms with Crippen LogP contribution >= 0.6 is 22.9 Å². The van der Waals surface area contributed by atoms with Crippen LogP contribution in [0.25, 0.3) is 32.1 Å². The number of thiophene rings is 1. The number of nitrogens with zero attached hydrogens (tertiary/aromatic N) is 7. The summed E-state index contributed by atoms with van der Waals surface area (Å²) >= 11 is 8.06. The molecule has 3 fully saturated rings. The van der Waals surface area contributed by atoms with Gasteiger partial charge in [0.1, 0.15) is 53.4 Å². The zero-order valence-corrected chi connectivity index (χ0v) is 30.5. The molecule has 6 heterocycles. The Morgan fingerprint density at radius 2 is 2.04 bits per heavy atom. The second kappa shape index (κ2) is 12.8. The van der Waals surface area contributed by atoms with Gasteiger partial charge in [-0.2, -0.15) is 20.5 Å². The van der Waals surface area contributed by atoms with Crippen LogP contribution in [0.5, 0.6) is 11.8 Å². The lowest BCUT2D eigenvalue weighted by molar-refractivity contribution is 0.107. The van der Waals surface area contributed by atoms with Crippen molar-refractivity contribution < 1.29 is 22.6 Å². The monoisotopic (exact) mass is 771 g/mol. The first-order valence-corrected chi connectivity index (χ1v) is 18.9. The Bertz CT molecular complexity index is 2470. The number of nitriles is 2. The molecule has 4 N–H and O–H groups in total. The van der Waals surface area contributed by atoms with E-state index in [-0.39, 0.29) is 96.1 Å². The Morgan fingerprint density at radius 1 is 1.20 bits per heavy atom. The van der Waals surface area contributed by atoms with Crippen molar-refractivity contribution in [1.82, 2.24) is 19.9 Å². The molecule has 6 atom stereocenters. The molecule has 4 aliphatic rings. The second-order valence-electron chi connectivity index (χ2n) is 14.6. The fourth-order valence-corrected chi connectivity index (χ4v) is 10.2. The van der Waals surface area contributed by atoms with Gasteiger partial charge in [-0.3, -0.25) is 4.90 Å². The molecule has 54 heavy (non-hydrogen) atoms. The van der Waals surface area contributed by atoms with Crippen LogP contribution in [0.15, 0.2) is 30.5 Å². The number of fused-ring (bicyclic) bond motifs is 2. The number of halogens is 4. The number of hydrogen-bond donors (Lipinski definition) is 2. The zero-order valence-electron chi connectivity index (χ0n) is 29.0. The Morgan fingerprint density at radius 3 is 2.80 bits per heavy atom. The highest BCUT2D eigenvalue weighted by Gasteiger charge is 2.51. The van der Waals surface area contributed by atoms with Gasteiger partial charge in [0.25, 0.3) is 0 Å². The summed E-state index contributed by atoms with van der Waals surface area (Å²) in [4.78, 5) is 18.0. The highest BCUT2D eigenvalue weighted by Crippen LogP contribution is 2.54. The first-order valence-electron chi connectivity index (χ1n) is 17.7. The van der Waals surface area contributed by atoms with Crippen LogP contribution in [0, 0.1) is 46.1 Å². The largest absolute Gasteiger partial charge is 0.489 e. The normalized spacial score (nSPS) is 25.2. The van der Waals surface area contributed by atoms with E-state index in [0.717, 1.165) is 30.7 Å². The number of benzene rings is 2. The first kappa shape index (κ1) is 34.7. The summed E-state index contributed by atoms with van der Waals surface area (Å²) in [5.74, 6) is -1.30. The summed E-state index contributed by atoms with van der Waals surface area (Å²) in [6.45, 7) is 3.09. The predicted molar refractivity (Wildman–Crippen MR) is 199 cm³/mol. The number of nitrogen functional groups attached to an aromatic ring is 2. The Balaban J connectivity index is 1.30. The molecule has 1 aliphatic carbocycles. The number of nitrogens with two attached hydrogens (primary N) is 2. The lowest BCUT2D eigenvalue weighted by Gasteiger charge is -2.37. The van der Waals surface area contributed by atoms with Crippen molar-refractivity contribution in [2.45, 2.75) is 56.4 Å². The predicted octanol–water partition coefficient (Wildman–Crippen LogP) is 7.32. The lowest BCUT2D eigenvalue weighted by Crippen LogP contribution is -2.44. The molecule has 0 amide bonds. The van der Waals surface area contributed by atoms with Crippen LogP contribution in [0.2, 0.25) is 5.02 Å². The molecule has 3 aliphatic heterocycles. The molecule has 2 aromatic carbocycles. The summed E-state index contributed by atoms with van der Waals surface area (Å²) in [5, 5.41) is 20.2. The maximum absolute atomic E-state index is 17.6. The number of ether oxygens (including phenoxy) is 2. The molecule has 9 rings (SSSR count). The van der Waals surface area contributed by atoms with Crippen molar-refractivity contribution >= 4 is 60.6 Å². The number of hydrogen-bond acceptors (Lipinski definition) is 12. The fourth-order valence-electron chi connectivity index (χ4n) is 8.94. The molecular formula is C38H33ClF3N9O2S. The second-order valence-corrected chi connectivity index (χ2v) is 16.0. The van der Waals surface area contributed by atoms with Crippen molar-refractivity contribution in [2.24, 2.45) is 11.8 Å². The number of anilines is 3. The zero-order chi connectivity index (χ0) is 37.6. The molecule has 276 valence electrons. The third-order valence-corrected chi connectivity index (χ3v) is 13.0. The molecule has 0 spiro atoms. The van der Waals surface area contributed by atoms with Crippen molar-refractivity contribution in [3.8, 4) is 35.0 Å². The molecule has 2 saturated heterocycles. The average molecular weight is 772 g/mol. The fraction of sp³-hybridized carbons (Fsp3) is 0.395. The molecule has 0 radical (unpaired) electrons. The molecular weight excluding hydrogens is 739 g/mol. The summed E-state index contributed by atoms with van der Waals surface area (Å²) < 4.78 is 60.5. The van der Waals surface area contributed by atoms with Gasteiger partial charge in [-0.15, -0.1) is 11.3 Å². The smallest absolute Gasteiger partial charge is 0.319 e. The van der Waals surface area contributed by atoms with Gasteiger partial charge in [-0.1, -0.05) is 23.7 Å². The maximum Gasteiger partial charge on any atom is 0.319 e. The number of alkyl halides is 1. The minimum absolute atomic E-state index is 0.00671. The summed E-state index contributed by atoms with van der Waals surface area (Å²) in [7, 11) is 0. The van der Waals surface area contributed by atoms with E-state index in [4.69, 9.17) is 37.5 Å². The number of rotatable bonds is 7.